The first-order chi connectivity index (χ1) is 7.95. The SMILES string of the molecule is CCC1(C)C(Cl)CC1Oc1cc(C)cc(C)c1. The quantitative estimate of drug-likeness (QED) is 0.721. The van der Waals surface area contributed by atoms with Crippen LogP contribution in [0.2, 0.25) is 0 Å². The highest BCUT2D eigenvalue weighted by molar-refractivity contribution is 6.21. The molecular weight excluding hydrogens is 232 g/mol. The molecule has 1 aromatic rings. The Morgan fingerprint density at radius 2 is 1.88 bits per heavy atom. The molecule has 1 aliphatic carbocycles. The number of hydrogen-bond donors (Lipinski definition) is 0. The van der Waals surface area contributed by atoms with E-state index in [2.05, 4.69) is 45.9 Å². The van der Waals surface area contributed by atoms with Crippen molar-refractivity contribution >= 4 is 11.6 Å². The number of alkyl halides is 1. The molecule has 3 atom stereocenters. The third-order valence-electron chi connectivity index (χ3n) is 4.11. The van der Waals surface area contributed by atoms with E-state index in [1.807, 2.05) is 0 Å². The minimum atomic E-state index is 0.124. The number of benzene rings is 1. The predicted octanol–water partition coefficient (Wildman–Crippen LogP) is 4.48. The van der Waals surface area contributed by atoms with Gasteiger partial charge >= 0.3 is 0 Å². The summed E-state index contributed by atoms with van der Waals surface area (Å²) in [7, 11) is 0. The van der Waals surface area contributed by atoms with E-state index >= 15 is 0 Å². The van der Waals surface area contributed by atoms with Crippen molar-refractivity contribution in [3.8, 4) is 5.75 Å². The van der Waals surface area contributed by atoms with Gasteiger partial charge in [-0.15, -0.1) is 11.6 Å². The molecule has 1 saturated carbocycles. The molecule has 1 nitrogen and oxygen atoms in total. The molecule has 3 unspecified atom stereocenters. The Morgan fingerprint density at radius 3 is 2.35 bits per heavy atom. The minimum absolute atomic E-state index is 0.124. The van der Waals surface area contributed by atoms with Gasteiger partial charge in [0, 0.05) is 17.2 Å². The van der Waals surface area contributed by atoms with Gasteiger partial charge in [0.05, 0.1) is 0 Å². The lowest BCUT2D eigenvalue weighted by atomic mass is 9.65. The van der Waals surface area contributed by atoms with Crippen molar-refractivity contribution in [1.29, 1.82) is 0 Å². The van der Waals surface area contributed by atoms with Gasteiger partial charge in [0.1, 0.15) is 11.9 Å². The van der Waals surface area contributed by atoms with Gasteiger partial charge in [-0.3, -0.25) is 0 Å². The third kappa shape index (κ3) is 2.30. The molecule has 94 valence electrons. The zero-order valence-corrected chi connectivity index (χ0v) is 11.8. The van der Waals surface area contributed by atoms with E-state index in [-0.39, 0.29) is 16.9 Å². The van der Waals surface area contributed by atoms with Crippen molar-refractivity contribution in [2.45, 2.75) is 52.0 Å². The summed E-state index contributed by atoms with van der Waals surface area (Å²) in [5, 5.41) is 0.253. The molecule has 1 aliphatic rings. The fourth-order valence-electron chi connectivity index (χ4n) is 2.56. The monoisotopic (exact) mass is 252 g/mol. The molecule has 2 rings (SSSR count). The second-order valence-electron chi connectivity index (χ2n) is 5.49. The highest BCUT2D eigenvalue weighted by Gasteiger charge is 2.51. The average Bonchev–Trinajstić information content (AvgIpc) is 2.26. The van der Waals surface area contributed by atoms with Crippen LogP contribution in [0.3, 0.4) is 0 Å². The van der Waals surface area contributed by atoms with Crippen LogP contribution in [0.4, 0.5) is 0 Å². The van der Waals surface area contributed by atoms with Crippen LogP contribution in [-0.2, 0) is 0 Å². The first-order valence-corrected chi connectivity index (χ1v) is 6.78. The Balaban J connectivity index is 2.12. The average molecular weight is 253 g/mol. The van der Waals surface area contributed by atoms with Gasteiger partial charge in [0.25, 0.3) is 0 Å². The number of aryl methyl sites for hydroxylation is 2. The fourth-order valence-corrected chi connectivity index (χ4v) is 3.02. The molecule has 2 heteroatoms. The normalized spacial score (nSPS) is 32.1. The van der Waals surface area contributed by atoms with E-state index in [0.29, 0.717) is 0 Å². The maximum Gasteiger partial charge on any atom is 0.120 e. The second kappa shape index (κ2) is 4.53. The Hall–Kier alpha value is -0.690. The summed E-state index contributed by atoms with van der Waals surface area (Å²) in [6.07, 6.45) is 2.28. The molecule has 0 saturated heterocycles. The Kier molecular flexibility index (Phi) is 3.40. The van der Waals surface area contributed by atoms with Crippen LogP contribution in [0, 0.1) is 19.3 Å². The Labute approximate surface area is 109 Å². The van der Waals surface area contributed by atoms with Crippen LogP contribution in [0.15, 0.2) is 18.2 Å². The first kappa shape index (κ1) is 12.8. The molecule has 1 aromatic carbocycles. The molecule has 0 N–H and O–H groups in total. The van der Waals surface area contributed by atoms with Crippen LogP contribution < -0.4 is 4.74 Å². The molecule has 0 aromatic heterocycles. The number of hydrogen-bond acceptors (Lipinski definition) is 1. The van der Waals surface area contributed by atoms with Crippen LogP contribution >= 0.6 is 11.6 Å². The molecule has 1 fully saturated rings. The van der Waals surface area contributed by atoms with Crippen molar-refractivity contribution in [3.05, 3.63) is 29.3 Å². The van der Waals surface area contributed by atoms with Gasteiger partial charge in [0.15, 0.2) is 0 Å². The molecule has 0 spiro atoms. The number of halogens is 1. The highest BCUT2D eigenvalue weighted by Crippen LogP contribution is 2.49. The first-order valence-electron chi connectivity index (χ1n) is 6.34. The van der Waals surface area contributed by atoms with Gasteiger partial charge in [-0.25, -0.2) is 0 Å². The molecular formula is C15H21ClO. The van der Waals surface area contributed by atoms with Gasteiger partial charge in [0.2, 0.25) is 0 Å². The van der Waals surface area contributed by atoms with E-state index in [0.717, 1.165) is 18.6 Å². The third-order valence-corrected chi connectivity index (χ3v) is 4.78. The van der Waals surface area contributed by atoms with E-state index in [4.69, 9.17) is 16.3 Å². The summed E-state index contributed by atoms with van der Waals surface area (Å²) in [6.45, 7) is 8.61. The van der Waals surface area contributed by atoms with E-state index in [1.165, 1.54) is 11.1 Å². The van der Waals surface area contributed by atoms with Gasteiger partial charge in [-0.2, -0.15) is 0 Å². The summed E-state index contributed by atoms with van der Waals surface area (Å²) in [5.41, 5.74) is 2.62. The van der Waals surface area contributed by atoms with Crippen LogP contribution in [0.25, 0.3) is 0 Å². The Morgan fingerprint density at radius 1 is 1.29 bits per heavy atom. The second-order valence-corrected chi connectivity index (χ2v) is 6.02. The van der Waals surface area contributed by atoms with Crippen molar-refractivity contribution in [2.75, 3.05) is 0 Å². The van der Waals surface area contributed by atoms with Crippen LogP contribution in [-0.4, -0.2) is 11.5 Å². The van der Waals surface area contributed by atoms with Crippen molar-refractivity contribution in [1.82, 2.24) is 0 Å². The summed E-state index contributed by atoms with van der Waals surface area (Å²) in [6, 6.07) is 6.37. The lowest BCUT2D eigenvalue weighted by Crippen LogP contribution is -2.55. The van der Waals surface area contributed by atoms with Gasteiger partial charge in [-0.1, -0.05) is 19.9 Å². The Bertz CT molecular complexity index is 395. The maximum atomic E-state index is 6.30. The van der Waals surface area contributed by atoms with Crippen LogP contribution in [0.1, 0.15) is 37.8 Å². The topological polar surface area (TPSA) is 9.23 Å². The summed E-state index contributed by atoms with van der Waals surface area (Å²) < 4.78 is 6.10. The number of ether oxygens (including phenoxy) is 1. The smallest absolute Gasteiger partial charge is 0.120 e. The summed E-state index contributed by atoms with van der Waals surface area (Å²) >= 11 is 6.30. The van der Waals surface area contributed by atoms with E-state index in [1.54, 1.807) is 0 Å². The molecule has 0 amide bonds. The van der Waals surface area contributed by atoms with E-state index in [9.17, 15) is 0 Å². The molecule has 17 heavy (non-hydrogen) atoms. The zero-order chi connectivity index (χ0) is 12.6. The molecule has 0 aliphatic heterocycles. The van der Waals surface area contributed by atoms with E-state index < -0.39 is 0 Å². The predicted molar refractivity (Wildman–Crippen MR) is 73.0 cm³/mol. The van der Waals surface area contributed by atoms with Crippen molar-refractivity contribution < 1.29 is 4.74 Å². The number of rotatable bonds is 3. The van der Waals surface area contributed by atoms with Gasteiger partial charge in [-0.05, 0) is 43.5 Å². The molecule has 0 bridgehead atoms. The molecule has 0 radical (unpaired) electrons. The minimum Gasteiger partial charge on any atom is -0.490 e. The highest BCUT2D eigenvalue weighted by atomic mass is 35.5. The maximum absolute atomic E-state index is 6.30. The molecule has 0 heterocycles. The standard InChI is InChI=1S/C15H21ClO/c1-5-15(4)13(16)9-14(15)17-12-7-10(2)6-11(3)8-12/h6-8,13-14H,5,9H2,1-4H3. The largest absolute Gasteiger partial charge is 0.490 e. The zero-order valence-electron chi connectivity index (χ0n) is 11.1. The van der Waals surface area contributed by atoms with Crippen molar-refractivity contribution in [2.24, 2.45) is 5.41 Å². The lowest BCUT2D eigenvalue weighted by Gasteiger charge is -2.50. The van der Waals surface area contributed by atoms with Gasteiger partial charge < -0.3 is 4.74 Å². The lowest BCUT2D eigenvalue weighted by molar-refractivity contribution is -0.0295. The fraction of sp³-hybridized carbons (Fsp3) is 0.600. The van der Waals surface area contributed by atoms with Crippen molar-refractivity contribution in [3.63, 3.8) is 0 Å². The summed E-state index contributed by atoms with van der Waals surface area (Å²) in [5.74, 6) is 0.982. The summed E-state index contributed by atoms with van der Waals surface area (Å²) in [4.78, 5) is 0. The van der Waals surface area contributed by atoms with Crippen LogP contribution in [0.5, 0.6) is 5.75 Å².